The minimum absolute atomic E-state index is 0.0613. The third kappa shape index (κ3) is 3.34. The highest BCUT2D eigenvalue weighted by molar-refractivity contribution is 5.94. The smallest absolute Gasteiger partial charge is 0.256 e. The number of hydrogen-bond acceptors (Lipinski definition) is 4. The van der Waals surface area contributed by atoms with Gasteiger partial charge < -0.3 is 14.9 Å². The molecule has 1 atom stereocenters. The highest BCUT2D eigenvalue weighted by Gasteiger charge is 2.17. The summed E-state index contributed by atoms with van der Waals surface area (Å²) < 4.78 is 4.81. The predicted octanol–water partition coefficient (Wildman–Crippen LogP) is 1.12. The fraction of sp³-hybridized carbons (Fsp3) is 0.636. The second kappa shape index (κ2) is 5.65. The number of aliphatic hydroxyl groups excluding tert-OH is 1. The minimum Gasteiger partial charge on any atom is -0.394 e. The molecular weight excluding hydrogens is 208 g/mol. The fourth-order valence-corrected chi connectivity index (χ4v) is 1.53. The molecule has 0 bridgehead atoms. The summed E-state index contributed by atoms with van der Waals surface area (Å²) in [6.45, 7) is 5.70. The molecule has 2 N–H and O–H groups in total. The molecule has 0 spiro atoms. The lowest BCUT2D eigenvalue weighted by Crippen LogP contribution is -2.38. The average Bonchev–Trinajstić information content (AvgIpc) is 2.62. The van der Waals surface area contributed by atoms with Crippen molar-refractivity contribution < 1.29 is 14.4 Å². The zero-order valence-electron chi connectivity index (χ0n) is 9.86. The number of amides is 1. The van der Waals surface area contributed by atoms with E-state index in [0.717, 1.165) is 6.42 Å². The van der Waals surface area contributed by atoms with Gasteiger partial charge in [0.15, 0.2) is 0 Å². The van der Waals surface area contributed by atoms with Crippen molar-refractivity contribution in [3.63, 3.8) is 0 Å². The Hall–Kier alpha value is -1.36. The first kappa shape index (κ1) is 12.7. The van der Waals surface area contributed by atoms with Crippen LogP contribution in [-0.4, -0.2) is 28.8 Å². The van der Waals surface area contributed by atoms with Crippen molar-refractivity contribution in [2.75, 3.05) is 6.61 Å². The Morgan fingerprint density at radius 1 is 1.62 bits per heavy atom. The zero-order chi connectivity index (χ0) is 12.1. The van der Waals surface area contributed by atoms with Crippen LogP contribution in [0.25, 0.3) is 0 Å². The molecule has 16 heavy (non-hydrogen) atoms. The summed E-state index contributed by atoms with van der Waals surface area (Å²) in [5.41, 5.74) is 0.419. The number of aliphatic hydroxyl groups is 1. The Morgan fingerprint density at radius 2 is 2.31 bits per heavy atom. The van der Waals surface area contributed by atoms with Crippen molar-refractivity contribution in [3.05, 3.63) is 17.5 Å². The molecule has 0 radical (unpaired) electrons. The van der Waals surface area contributed by atoms with Crippen molar-refractivity contribution in [1.29, 1.82) is 0 Å². The van der Waals surface area contributed by atoms with Crippen molar-refractivity contribution in [2.45, 2.75) is 33.2 Å². The van der Waals surface area contributed by atoms with Crippen LogP contribution in [0.5, 0.6) is 0 Å². The van der Waals surface area contributed by atoms with Crippen LogP contribution in [0.15, 0.2) is 10.7 Å². The second-order valence-electron chi connectivity index (χ2n) is 4.28. The molecule has 1 unspecified atom stereocenters. The number of aromatic nitrogens is 1. The average molecular weight is 226 g/mol. The molecular formula is C11H18N2O3. The van der Waals surface area contributed by atoms with Gasteiger partial charge in [0, 0.05) is 0 Å². The Labute approximate surface area is 94.8 Å². The Balaban J connectivity index is 2.59. The first-order valence-corrected chi connectivity index (χ1v) is 5.37. The molecule has 1 aromatic heterocycles. The summed E-state index contributed by atoms with van der Waals surface area (Å²) in [7, 11) is 0. The second-order valence-corrected chi connectivity index (χ2v) is 4.28. The third-order valence-electron chi connectivity index (χ3n) is 2.31. The van der Waals surface area contributed by atoms with Crippen molar-refractivity contribution in [1.82, 2.24) is 10.5 Å². The van der Waals surface area contributed by atoms with Crippen molar-refractivity contribution >= 4 is 5.91 Å². The lowest BCUT2D eigenvalue weighted by Gasteiger charge is -2.17. The van der Waals surface area contributed by atoms with E-state index in [2.05, 4.69) is 10.5 Å². The fourth-order valence-electron chi connectivity index (χ4n) is 1.53. The standard InChI is InChI=1S/C11H18N2O3/c1-7(2)4-9(6-14)13-11(15)10-5-12-16-8(10)3/h5,7,9,14H,4,6H2,1-3H3,(H,13,15). The maximum atomic E-state index is 11.8. The predicted molar refractivity (Wildman–Crippen MR) is 59.0 cm³/mol. The molecule has 1 rings (SSSR count). The molecule has 1 amide bonds. The molecule has 1 heterocycles. The lowest BCUT2D eigenvalue weighted by atomic mass is 10.0. The largest absolute Gasteiger partial charge is 0.394 e. The van der Waals surface area contributed by atoms with Crippen molar-refractivity contribution in [2.24, 2.45) is 5.92 Å². The number of nitrogens with zero attached hydrogens (tertiary/aromatic N) is 1. The lowest BCUT2D eigenvalue weighted by molar-refractivity contribution is 0.0907. The topological polar surface area (TPSA) is 75.4 Å². The van der Waals surface area contributed by atoms with Gasteiger partial charge in [-0.3, -0.25) is 4.79 Å². The zero-order valence-corrected chi connectivity index (χ0v) is 9.86. The monoisotopic (exact) mass is 226 g/mol. The first-order valence-electron chi connectivity index (χ1n) is 5.37. The number of carbonyl (C=O) groups excluding carboxylic acids is 1. The minimum atomic E-state index is -0.251. The number of rotatable bonds is 5. The summed E-state index contributed by atoms with van der Waals surface area (Å²) >= 11 is 0. The summed E-state index contributed by atoms with van der Waals surface area (Å²) in [5, 5.41) is 15.4. The van der Waals surface area contributed by atoms with Crippen LogP contribution in [0.1, 0.15) is 36.4 Å². The van der Waals surface area contributed by atoms with E-state index in [0.29, 0.717) is 17.2 Å². The van der Waals surface area contributed by atoms with Crippen LogP contribution in [0.4, 0.5) is 0 Å². The SMILES string of the molecule is Cc1oncc1C(=O)NC(CO)CC(C)C. The molecule has 0 saturated carbocycles. The van der Waals surface area contributed by atoms with Crippen molar-refractivity contribution in [3.8, 4) is 0 Å². The molecule has 90 valence electrons. The van der Waals surface area contributed by atoms with Gasteiger partial charge in [-0.05, 0) is 19.3 Å². The molecule has 5 nitrogen and oxygen atoms in total. The van der Waals surface area contributed by atoms with Gasteiger partial charge in [-0.1, -0.05) is 19.0 Å². The van der Waals surface area contributed by atoms with Crippen LogP contribution < -0.4 is 5.32 Å². The van der Waals surface area contributed by atoms with Gasteiger partial charge in [0.25, 0.3) is 5.91 Å². The number of hydrogen-bond donors (Lipinski definition) is 2. The summed E-state index contributed by atoms with van der Waals surface area (Å²) in [5.74, 6) is 0.651. The Morgan fingerprint density at radius 3 is 2.75 bits per heavy atom. The Kier molecular flexibility index (Phi) is 4.49. The van der Waals surface area contributed by atoms with Gasteiger partial charge >= 0.3 is 0 Å². The highest BCUT2D eigenvalue weighted by Crippen LogP contribution is 2.08. The van der Waals surface area contributed by atoms with Gasteiger partial charge in [0.2, 0.25) is 0 Å². The number of carbonyl (C=O) groups is 1. The summed E-state index contributed by atoms with van der Waals surface area (Å²) in [4.78, 5) is 11.8. The summed E-state index contributed by atoms with van der Waals surface area (Å²) in [6, 6.07) is -0.221. The molecule has 0 aliphatic heterocycles. The van der Waals surface area contributed by atoms with Gasteiger partial charge in [-0.15, -0.1) is 0 Å². The van der Waals surface area contributed by atoms with E-state index in [1.807, 2.05) is 13.8 Å². The number of nitrogens with one attached hydrogen (secondary N) is 1. The van der Waals surface area contributed by atoms with Gasteiger partial charge in [-0.25, -0.2) is 0 Å². The van der Waals surface area contributed by atoms with Crippen LogP contribution in [0, 0.1) is 12.8 Å². The van der Waals surface area contributed by atoms with E-state index in [1.165, 1.54) is 6.20 Å². The van der Waals surface area contributed by atoms with Crippen LogP contribution in [0.2, 0.25) is 0 Å². The molecule has 0 aliphatic carbocycles. The Bertz CT molecular complexity index is 347. The van der Waals surface area contributed by atoms with Crippen LogP contribution in [-0.2, 0) is 0 Å². The molecule has 5 heteroatoms. The maximum absolute atomic E-state index is 11.8. The first-order chi connectivity index (χ1) is 7.54. The van der Waals surface area contributed by atoms with Gasteiger partial charge in [-0.2, -0.15) is 0 Å². The van der Waals surface area contributed by atoms with Gasteiger partial charge in [0.05, 0.1) is 18.8 Å². The molecule has 0 saturated heterocycles. The molecule has 0 aliphatic rings. The maximum Gasteiger partial charge on any atom is 0.256 e. The van der Waals surface area contributed by atoms with Gasteiger partial charge in [0.1, 0.15) is 11.3 Å². The van der Waals surface area contributed by atoms with Crippen LogP contribution >= 0.6 is 0 Å². The normalized spacial score (nSPS) is 12.8. The van der Waals surface area contributed by atoms with E-state index >= 15 is 0 Å². The van der Waals surface area contributed by atoms with E-state index in [1.54, 1.807) is 6.92 Å². The van der Waals surface area contributed by atoms with Crippen LogP contribution in [0.3, 0.4) is 0 Å². The van der Waals surface area contributed by atoms with E-state index < -0.39 is 0 Å². The van der Waals surface area contributed by atoms with E-state index in [-0.39, 0.29) is 18.6 Å². The summed E-state index contributed by atoms with van der Waals surface area (Å²) in [6.07, 6.45) is 2.13. The molecule has 1 aromatic rings. The number of aryl methyl sites for hydroxylation is 1. The third-order valence-corrected chi connectivity index (χ3v) is 2.31. The highest BCUT2D eigenvalue weighted by atomic mass is 16.5. The van der Waals surface area contributed by atoms with E-state index in [4.69, 9.17) is 9.63 Å². The molecule has 0 fully saturated rings. The quantitative estimate of drug-likeness (QED) is 0.789. The van der Waals surface area contributed by atoms with E-state index in [9.17, 15) is 4.79 Å². The molecule has 0 aromatic carbocycles.